The Kier molecular flexibility index (Phi) is 5.27. The molecule has 0 spiro atoms. The predicted molar refractivity (Wildman–Crippen MR) is 87.4 cm³/mol. The standard InChI is InChI=1S/C16H18N2O3S/c1-10(2)15(16(20)21-3)18-13(19)8-9-14-17-11-6-4-5-7-12(11)22-14/h4-10,15H,1-3H3,(H,18,19)/b9-8+/t15-/m0/s1. The van der Waals surface area contributed by atoms with Crippen molar-refractivity contribution in [2.24, 2.45) is 5.92 Å². The van der Waals surface area contributed by atoms with Crippen LogP contribution in [-0.4, -0.2) is 30.0 Å². The number of hydrogen-bond acceptors (Lipinski definition) is 5. The highest BCUT2D eigenvalue weighted by Gasteiger charge is 2.23. The number of thiazole rings is 1. The average molecular weight is 318 g/mol. The molecule has 2 aromatic rings. The van der Waals surface area contributed by atoms with E-state index in [4.69, 9.17) is 0 Å². The van der Waals surface area contributed by atoms with Crippen LogP contribution in [0.3, 0.4) is 0 Å². The second kappa shape index (κ2) is 7.17. The lowest BCUT2D eigenvalue weighted by molar-refractivity contribution is -0.145. The Bertz CT molecular complexity index is 673. The van der Waals surface area contributed by atoms with Crippen molar-refractivity contribution in [3.63, 3.8) is 0 Å². The minimum absolute atomic E-state index is 0.0488. The number of hydrogen-bond donors (Lipinski definition) is 1. The number of nitrogens with one attached hydrogen (secondary N) is 1. The number of carbonyl (C=O) groups is 2. The molecule has 0 saturated carbocycles. The average Bonchev–Trinajstić information content (AvgIpc) is 2.92. The van der Waals surface area contributed by atoms with Gasteiger partial charge >= 0.3 is 5.97 Å². The number of methoxy groups -OCH3 is 1. The van der Waals surface area contributed by atoms with Crippen LogP contribution < -0.4 is 5.32 Å². The molecule has 1 amide bonds. The van der Waals surface area contributed by atoms with Crippen molar-refractivity contribution in [2.75, 3.05) is 7.11 Å². The lowest BCUT2D eigenvalue weighted by Crippen LogP contribution is -2.44. The minimum Gasteiger partial charge on any atom is -0.467 e. The summed E-state index contributed by atoms with van der Waals surface area (Å²) in [6, 6.07) is 7.12. The van der Waals surface area contributed by atoms with Crippen molar-refractivity contribution in [1.29, 1.82) is 0 Å². The molecule has 6 heteroatoms. The highest BCUT2D eigenvalue weighted by molar-refractivity contribution is 7.19. The number of amides is 1. The summed E-state index contributed by atoms with van der Waals surface area (Å²) in [7, 11) is 1.31. The van der Waals surface area contributed by atoms with Gasteiger partial charge in [-0.05, 0) is 24.1 Å². The van der Waals surface area contributed by atoms with Crippen LogP contribution in [0.4, 0.5) is 0 Å². The van der Waals surface area contributed by atoms with Crippen LogP contribution in [-0.2, 0) is 14.3 Å². The second-order valence-corrected chi connectivity index (χ2v) is 6.17. The predicted octanol–water partition coefficient (Wildman–Crippen LogP) is 2.62. The van der Waals surface area contributed by atoms with E-state index in [0.29, 0.717) is 0 Å². The van der Waals surface area contributed by atoms with Gasteiger partial charge in [-0.3, -0.25) is 4.79 Å². The van der Waals surface area contributed by atoms with E-state index in [-0.39, 0.29) is 11.8 Å². The molecule has 0 saturated heterocycles. The highest BCUT2D eigenvalue weighted by Crippen LogP contribution is 2.22. The Balaban J connectivity index is 2.05. The fourth-order valence-corrected chi connectivity index (χ4v) is 2.80. The zero-order valence-corrected chi connectivity index (χ0v) is 13.5. The quantitative estimate of drug-likeness (QED) is 0.680. The largest absolute Gasteiger partial charge is 0.467 e. The van der Waals surface area contributed by atoms with Crippen molar-refractivity contribution in [3.05, 3.63) is 35.3 Å². The van der Waals surface area contributed by atoms with Crippen LogP contribution in [0.15, 0.2) is 30.3 Å². The van der Waals surface area contributed by atoms with Crippen LogP contribution in [0.25, 0.3) is 16.3 Å². The normalized spacial score (nSPS) is 12.7. The first-order chi connectivity index (χ1) is 10.5. The number of carbonyl (C=O) groups excluding carboxylic acids is 2. The molecule has 0 aliphatic heterocycles. The Hall–Kier alpha value is -2.21. The minimum atomic E-state index is -0.655. The molecule has 1 aromatic heterocycles. The zero-order chi connectivity index (χ0) is 16.1. The monoisotopic (exact) mass is 318 g/mol. The van der Waals surface area contributed by atoms with E-state index in [0.717, 1.165) is 15.2 Å². The molecule has 22 heavy (non-hydrogen) atoms. The maximum atomic E-state index is 11.9. The molecule has 1 heterocycles. The maximum absolute atomic E-state index is 11.9. The molecule has 2 rings (SSSR count). The summed E-state index contributed by atoms with van der Waals surface area (Å²) in [5, 5.41) is 3.39. The van der Waals surface area contributed by atoms with E-state index in [1.807, 2.05) is 38.1 Å². The first kappa shape index (κ1) is 16.2. The van der Waals surface area contributed by atoms with Crippen LogP contribution >= 0.6 is 11.3 Å². The summed E-state index contributed by atoms with van der Waals surface area (Å²) in [6.45, 7) is 3.69. The van der Waals surface area contributed by atoms with Crippen molar-refractivity contribution < 1.29 is 14.3 Å². The Morgan fingerprint density at radius 3 is 2.68 bits per heavy atom. The van der Waals surface area contributed by atoms with Gasteiger partial charge in [-0.2, -0.15) is 0 Å². The molecule has 0 radical (unpaired) electrons. The van der Waals surface area contributed by atoms with E-state index >= 15 is 0 Å². The van der Waals surface area contributed by atoms with Gasteiger partial charge in [0.25, 0.3) is 0 Å². The fourth-order valence-electron chi connectivity index (χ4n) is 1.93. The number of ether oxygens (including phenoxy) is 1. The van der Waals surface area contributed by atoms with Crippen molar-refractivity contribution in [3.8, 4) is 0 Å². The van der Waals surface area contributed by atoms with E-state index in [1.54, 1.807) is 6.08 Å². The topological polar surface area (TPSA) is 68.3 Å². The number of aromatic nitrogens is 1. The smallest absolute Gasteiger partial charge is 0.328 e. The van der Waals surface area contributed by atoms with Crippen molar-refractivity contribution in [1.82, 2.24) is 10.3 Å². The molecule has 1 aromatic carbocycles. The summed E-state index contributed by atoms with van der Waals surface area (Å²) in [5.74, 6) is -0.840. The summed E-state index contributed by atoms with van der Waals surface area (Å²) in [5.41, 5.74) is 0.905. The number of benzene rings is 1. The maximum Gasteiger partial charge on any atom is 0.328 e. The molecule has 0 bridgehead atoms. The van der Waals surface area contributed by atoms with Gasteiger partial charge in [-0.1, -0.05) is 26.0 Å². The molecule has 0 aliphatic rings. The van der Waals surface area contributed by atoms with Crippen LogP contribution in [0.1, 0.15) is 18.9 Å². The number of nitrogens with zero attached hydrogens (tertiary/aromatic N) is 1. The zero-order valence-electron chi connectivity index (χ0n) is 12.7. The molecule has 0 fully saturated rings. The van der Waals surface area contributed by atoms with Gasteiger partial charge in [0.05, 0.1) is 17.3 Å². The van der Waals surface area contributed by atoms with E-state index < -0.39 is 12.0 Å². The van der Waals surface area contributed by atoms with Crippen molar-refractivity contribution in [2.45, 2.75) is 19.9 Å². The first-order valence-electron chi connectivity index (χ1n) is 6.93. The molecule has 1 N–H and O–H groups in total. The molecular formula is C16H18N2O3S. The number of esters is 1. The van der Waals surface area contributed by atoms with Gasteiger partial charge in [0.2, 0.25) is 5.91 Å². The summed E-state index contributed by atoms with van der Waals surface area (Å²) < 4.78 is 5.76. The highest BCUT2D eigenvalue weighted by atomic mass is 32.1. The Labute approximate surface area is 133 Å². The Morgan fingerprint density at radius 2 is 2.05 bits per heavy atom. The molecule has 0 unspecified atom stereocenters. The third-order valence-electron chi connectivity index (χ3n) is 3.11. The van der Waals surface area contributed by atoms with Gasteiger partial charge in [-0.15, -0.1) is 11.3 Å². The fraction of sp³-hybridized carbons (Fsp3) is 0.312. The van der Waals surface area contributed by atoms with Crippen LogP contribution in [0.2, 0.25) is 0 Å². The van der Waals surface area contributed by atoms with Crippen LogP contribution in [0.5, 0.6) is 0 Å². The molecule has 5 nitrogen and oxygen atoms in total. The van der Waals surface area contributed by atoms with Gasteiger partial charge < -0.3 is 10.1 Å². The Morgan fingerprint density at radius 1 is 1.32 bits per heavy atom. The SMILES string of the molecule is COC(=O)[C@@H](NC(=O)/C=C/c1nc2ccccc2s1)C(C)C. The third-order valence-corrected chi connectivity index (χ3v) is 4.11. The van der Waals surface area contributed by atoms with Gasteiger partial charge in [0.15, 0.2) is 0 Å². The number of rotatable bonds is 5. The molecule has 116 valence electrons. The third kappa shape index (κ3) is 3.92. The van der Waals surface area contributed by atoms with Crippen molar-refractivity contribution >= 4 is 39.5 Å². The van der Waals surface area contributed by atoms with E-state index in [1.165, 1.54) is 24.5 Å². The molecular weight excluding hydrogens is 300 g/mol. The first-order valence-corrected chi connectivity index (χ1v) is 7.75. The second-order valence-electron chi connectivity index (χ2n) is 5.11. The summed E-state index contributed by atoms with van der Waals surface area (Å²) in [6.07, 6.45) is 3.03. The summed E-state index contributed by atoms with van der Waals surface area (Å²) >= 11 is 1.51. The number of para-hydroxylation sites is 1. The van der Waals surface area contributed by atoms with Crippen LogP contribution in [0, 0.1) is 5.92 Å². The molecule has 0 aliphatic carbocycles. The van der Waals surface area contributed by atoms with Gasteiger partial charge in [-0.25, -0.2) is 9.78 Å². The number of fused-ring (bicyclic) bond motifs is 1. The van der Waals surface area contributed by atoms with Gasteiger partial charge in [0, 0.05) is 6.08 Å². The lowest BCUT2D eigenvalue weighted by Gasteiger charge is -2.18. The van der Waals surface area contributed by atoms with Gasteiger partial charge in [0.1, 0.15) is 11.0 Å². The van der Waals surface area contributed by atoms with E-state index in [9.17, 15) is 9.59 Å². The summed E-state index contributed by atoms with van der Waals surface area (Å²) in [4.78, 5) is 28.0. The lowest BCUT2D eigenvalue weighted by atomic mass is 10.0. The van der Waals surface area contributed by atoms with E-state index in [2.05, 4.69) is 15.0 Å². The molecule has 1 atom stereocenters.